The van der Waals surface area contributed by atoms with Gasteiger partial charge in [0.2, 0.25) is 0 Å². The van der Waals surface area contributed by atoms with Gasteiger partial charge >= 0.3 is 5.97 Å². The van der Waals surface area contributed by atoms with Crippen LogP contribution in [0.2, 0.25) is 0 Å². The average molecular weight is 565 g/mol. The number of esters is 1. The molecule has 0 fully saturated rings. The maximum atomic E-state index is 14.0. The van der Waals surface area contributed by atoms with E-state index in [4.69, 9.17) is 25.6 Å². The molecule has 1 aromatic heterocycles. The molecule has 3 aromatic carbocycles. The second-order valence-corrected chi connectivity index (χ2v) is 10.0. The van der Waals surface area contributed by atoms with Gasteiger partial charge in [0.05, 0.1) is 35.1 Å². The molecule has 0 aliphatic carbocycles. The van der Waals surface area contributed by atoms with Crippen molar-refractivity contribution in [3.05, 3.63) is 121 Å². The summed E-state index contributed by atoms with van der Waals surface area (Å²) < 4.78 is 18.7. The molecule has 5 rings (SSSR count). The summed E-state index contributed by atoms with van der Waals surface area (Å²) in [7, 11) is 0. The summed E-state index contributed by atoms with van der Waals surface area (Å²) in [5, 5.41) is 0. The van der Waals surface area contributed by atoms with Gasteiger partial charge in [0.1, 0.15) is 18.1 Å². The van der Waals surface area contributed by atoms with Crippen LogP contribution in [-0.2, 0) is 9.53 Å². The molecule has 0 saturated carbocycles. The molecule has 0 radical (unpaired) electrons. The summed E-state index contributed by atoms with van der Waals surface area (Å²) >= 11 is 1.26. The van der Waals surface area contributed by atoms with E-state index in [0.29, 0.717) is 38.7 Å². The molecule has 0 saturated heterocycles. The van der Waals surface area contributed by atoms with Crippen molar-refractivity contribution in [2.24, 2.45) is 4.99 Å². The standard InChI is InChI=1S/C33H28N2O5S/c1-4-19-40-26-14-10-11-22(20-26)21-27-31(36)35-30(24-15-17-25(18-16-24)38-5-2)28(32(37)39-6-3)29(34-33(35)41-27)23-12-8-7-9-13-23/h1,7-18,20-21,30H,5-6,19H2,2-3H3/b27-21-/t30-/m1/s1. The number of terminal acetylenes is 1. The first-order chi connectivity index (χ1) is 20.0. The minimum atomic E-state index is -0.761. The number of hydrogen-bond donors (Lipinski definition) is 0. The Bertz CT molecular complexity index is 1810. The normalized spacial score (nSPS) is 14.6. The lowest BCUT2D eigenvalue weighted by molar-refractivity contribution is -0.138. The maximum Gasteiger partial charge on any atom is 0.338 e. The molecule has 206 valence electrons. The maximum absolute atomic E-state index is 14.0. The van der Waals surface area contributed by atoms with Gasteiger partial charge in [0.15, 0.2) is 4.80 Å². The summed E-state index contributed by atoms with van der Waals surface area (Å²) in [5.41, 5.74) is 2.76. The number of nitrogens with zero attached hydrogens (tertiary/aromatic N) is 2. The molecule has 0 N–H and O–H groups in total. The first-order valence-electron chi connectivity index (χ1n) is 13.2. The minimum Gasteiger partial charge on any atom is -0.494 e. The summed E-state index contributed by atoms with van der Waals surface area (Å²) in [6.07, 6.45) is 7.11. The van der Waals surface area contributed by atoms with E-state index in [2.05, 4.69) is 5.92 Å². The molecule has 7 nitrogen and oxygen atoms in total. The number of rotatable bonds is 9. The number of fused-ring (bicyclic) bond motifs is 1. The van der Waals surface area contributed by atoms with Gasteiger partial charge in [-0.3, -0.25) is 9.36 Å². The topological polar surface area (TPSA) is 79.1 Å². The Morgan fingerprint density at radius 3 is 2.49 bits per heavy atom. The smallest absolute Gasteiger partial charge is 0.338 e. The largest absolute Gasteiger partial charge is 0.494 e. The van der Waals surface area contributed by atoms with Crippen LogP contribution in [0.4, 0.5) is 0 Å². The van der Waals surface area contributed by atoms with Crippen molar-refractivity contribution in [1.82, 2.24) is 4.57 Å². The van der Waals surface area contributed by atoms with Crippen LogP contribution in [0.25, 0.3) is 11.8 Å². The molecule has 4 aromatic rings. The highest BCUT2D eigenvalue weighted by molar-refractivity contribution is 7.07. The molecule has 2 heterocycles. The number of hydrogen-bond acceptors (Lipinski definition) is 7. The minimum absolute atomic E-state index is 0.145. The highest BCUT2D eigenvalue weighted by Crippen LogP contribution is 2.35. The Hall–Kier alpha value is -4.87. The Morgan fingerprint density at radius 2 is 1.78 bits per heavy atom. The molecule has 0 unspecified atom stereocenters. The summed E-state index contributed by atoms with van der Waals surface area (Å²) in [6.45, 7) is 4.52. The zero-order chi connectivity index (χ0) is 28.8. The van der Waals surface area contributed by atoms with E-state index in [-0.39, 0.29) is 18.8 Å². The van der Waals surface area contributed by atoms with Crippen LogP contribution >= 0.6 is 11.3 Å². The molecule has 0 bridgehead atoms. The summed E-state index contributed by atoms with van der Waals surface area (Å²) in [4.78, 5) is 32.9. The molecule has 1 aliphatic heterocycles. The molecular formula is C33H28N2O5S. The molecule has 41 heavy (non-hydrogen) atoms. The van der Waals surface area contributed by atoms with Crippen LogP contribution in [0.3, 0.4) is 0 Å². The third kappa shape index (κ3) is 5.86. The lowest BCUT2D eigenvalue weighted by atomic mass is 9.93. The summed E-state index contributed by atoms with van der Waals surface area (Å²) in [5.74, 6) is 3.22. The zero-order valence-electron chi connectivity index (χ0n) is 22.7. The lowest BCUT2D eigenvalue weighted by Crippen LogP contribution is -2.40. The molecular weight excluding hydrogens is 536 g/mol. The Balaban J connectivity index is 1.75. The highest BCUT2D eigenvalue weighted by Gasteiger charge is 2.35. The van der Waals surface area contributed by atoms with Crippen LogP contribution in [0.15, 0.2) is 94.2 Å². The van der Waals surface area contributed by atoms with Crippen LogP contribution < -0.4 is 24.4 Å². The molecule has 1 aliphatic rings. The summed E-state index contributed by atoms with van der Waals surface area (Å²) in [6, 6.07) is 23.4. The van der Waals surface area contributed by atoms with Crippen molar-refractivity contribution < 1.29 is 19.0 Å². The fraction of sp³-hybridized carbons (Fsp3) is 0.182. The third-order valence-electron chi connectivity index (χ3n) is 6.36. The number of carbonyl (C=O) groups excluding carboxylic acids is 1. The van der Waals surface area contributed by atoms with Gasteiger partial charge in [-0.25, -0.2) is 9.79 Å². The molecule has 8 heteroatoms. The van der Waals surface area contributed by atoms with Crippen molar-refractivity contribution in [3.63, 3.8) is 0 Å². The van der Waals surface area contributed by atoms with E-state index in [9.17, 15) is 9.59 Å². The predicted molar refractivity (Wildman–Crippen MR) is 159 cm³/mol. The van der Waals surface area contributed by atoms with Crippen LogP contribution in [0.1, 0.15) is 36.6 Å². The van der Waals surface area contributed by atoms with E-state index < -0.39 is 12.0 Å². The number of thiazole rings is 1. The zero-order valence-corrected chi connectivity index (χ0v) is 23.5. The van der Waals surface area contributed by atoms with Crippen LogP contribution in [0, 0.1) is 12.3 Å². The number of benzene rings is 3. The average Bonchev–Trinajstić information content (AvgIpc) is 3.30. The third-order valence-corrected chi connectivity index (χ3v) is 7.34. The van der Waals surface area contributed by atoms with Gasteiger partial charge in [-0.05, 0) is 55.3 Å². The second kappa shape index (κ2) is 12.5. The highest BCUT2D eigenvalue weighted by atomic mass is 32.1. The van der Waals surface area contributed by atoms with E-state index in [1.807, 2.05) is 79.7 Å². The van der Waals surface area contributed by atoms with Gasteiger partial charge < -0.3 is 14.2 Å². The number of ether oxygens (including phenoxy) is 3. The van der Waals surface area contributed by atoms with E-state index in [1.165, 1.54) is 11.3 Å². The van der Waals surface area contributed by atoms with Gasteiger partial charge in [0.25, 0.3) is 5.56 Å². The number of aromatic nitrogens is 1. The second-order valence-electron chi connectivity index (χ2n) is 9.00. The van der Waals surface area contributed by atoms with E-state index >= 15 is 0 Å². The Kier molecular flexibility index (Phi) is 8.47. The van der Waals surface area contributed by atoms with Crippen molar-refractivity contribution in [2.75, 3.05) is 19.8 Å². The fourth-order valence-corrected chi connectivity index (χ4v) is 5.64. The Labute approximate surface area is 241 Å². The monoisotopic (exact) mass is 564 g/mol. The van der Waals surface area contributed by atoms with E-state index in [0.717, 1.165) is 16.7 Å². The van der Waals surface area contributed by atoms with E-state index in [1.54, 1.807) is 23.6 Å². The SMILES string of the molecule is C#CCOc1cccc(/C=c2\sc3n(c2=O)[C@H](c2ccc(OCC)cc2)C(C(=O)OCC)=C(c2ccccc2)N=3)c1. The van der Waals surface area contributed by atoms with Crippen molar-refractivity contribution >= 4 is 29.1 Å². The van der Waals surface area contributed by atoms with Crippen LogP contribution in [0.5, 0.6) is 11.5 Å². The molecule has 0 amide bonds. The first-order valence-corrected chi connectivity index (χ1v) is 14.0. The number of carbonyl (C=O) groups is 1. The van der Waals surface area contributed by atoms with Gasteiger partial charge in [-0.15, -0.1) is 6.42 Å². The van der Waals surface area contributed by atoms with Gasteiger partial charge in [-0.1, -0.05) is 71.9 Å². The van der Waals surface area contributed by atoms with Crippen molar-refractivity contribution in [2.45, 2.75) is 19.9 Å². The van der Waals surface area contributed by atoms with Crippen LogP contribution in [-0.4, -0.2) is 30.4 Å². The van der Waals surface area contributed by atoms with Crippen molar-refractivity contribution in [1.29, 1.82) is 0 Å². The lowest BCUT2D eigenvalue weighted by Gasteiger charge is -2.26. The Morgan fingerprint density at radius 1 is 1.00 bits per heavy atom. The van der Waals surface area contributed by atoms with Crippen molar-refractivity contribution in [3.8, 4) is 23.8 Å². The predicted octanol–water partition coefficient (Wildman–Crippen LogP) is 4.35. The fourth-order valence-electron chi connectivity index (χ4n) is 4.64. The first kappa shape index (κ1) is 27.7. The quantitative estimate of drug-likeness (QED) is 0.223. The van der Waals surface area contributed by atoms with Gasteiger partial charge in [-0.2, -0.15) is 0 Å². The molecule has 1 atom stereocenters. The molecule has 0 spiro atoms. The van der Waals surface area contributed by atoms with Gasteiger partial charge in [0, 0.05) is 5.56 Å².